The fraction of sp³-hybridized carbons (Fsp3) is 0.235. The maximum absolute atomic E-state index is 12.9. The third-order valence-corrected chi connectivity index (χ3v) is 4.79. The molecule has 1 aromatic heterocycles. The van der Waals surface area contributed by atoms with Crippen molar-refractivity contribution in [2.24, 2.45) is 0 Å². The average molecular weight is 396 g/mol. The largest absolute Gasteiger partial charge is 0.416 e. The van der Waals surface area contributed by atoms with Gasteiger partial charge in [-0.25, -0.2) is 4.98 Å². The Balaban J connectivity index is 1.68. The molecular formula is C17H13BrF3N3. The van der Waals surface area contributed by atoms with E-state index in [1.165, 1.54) is 6.07 Å². The summed E-state index contributed by atoms with van der Waals surface area (Å²) in [5.41, 5.74) is 1.60. The van der Waals surface area contributed by atoms with Gasteiger partial charge in [0.05, 0.1) is 29.3 Å². The van der Waals surface area contributed by atoms with Crippen LogP contribution in [0.5, 0.6) is 0 Å². The van der Waals surface area contributed by atoms with Crippen LogP contribution in [0.25, 0.3) is 11.0 Å². The molecule has 0 spiro atoms. The van der Waals surface area contributed by atoms with Gasteiger partial charge >= 0.3 is 6.18 Å². The van der Waals surface area contributed by atoms with Crippen molar-refractivity contribution in [1.82, 2.24) is 14.9 Å². The Labute approximate surface area is 144 Å². The molecule has 0 radical (unpaired) electrons. The summed E-state index contributed by atoms with van der Waals surface area (Å²) in [6.07, 6.45) is -3.61. The van der Waals surface area contributed by atoms with Gasteiger partial charge in [0.1, 0.15) is 5.82 Å². The van der Waals surface area contributed by atoms with Gasteiger partial charge in [-0.05, 0) is 42.3 Å². The Morgan fingerprint density at radius 2 is 1.92 bits per heavy atom. The number of alkyl halides is 3. The SMILES string of the molecule is FC(F)(F)c1ccc2c(c1)nc1n2CN[C@@H]1Cc1ccc(Br)cc1. The van der Waals surface area contributed by atoms with Crippen LogP contribution in [0.2, 0.25) is 0 Å². The zero-order valence-corrected chi connectivity index (χ0v) is 14.0. The summed E-state index contributed by atoms with van der Waals surface area (Å²) >= 11 is 3.41. The van der Waals surface area contributed by atoms with Gasteiger partial charge in [-0.3, -0.25) is 5.32 Å². The molecule has 1 atom stereocenters. The lowest BCUT2D eigenvalue weighted by Gasteiger charge is -2.09. The molecule has 0 unspecified atom stereocenters. The zero-order valence-electron chi connectivity index (χ0n) is 12.4. The highest BCUT2D eigenvalue weighted by Gasteiger charge is 2.32. The van der Waals surface area contributed by atoms with Crippen molar-refractivity contribution in [2.45, 2.75) is 25.3 Å². The molecule has 4 rings (SSSR count). The van der Waals surface area contributed by atoms with Gasteiger partial charge in [-0.1, -0.05) is 28.1 Å². The van der Waals surface area contributed by atoms with E-state index in [0.717, 1.165) is 39.9 Å². The molecule has 2 aromatic carbocycles. The summed E-state index contributed by atoms with van der Waals surface area (Å²) < 4.78 is 41.6. The zero-order chi connectivity index (χ0) is 16.9. The van der Waals surface area contributed by atoms with Crippen molar-refractivity contribution in [3.05, 3.63) is 63.9 Å². The lowest BCUT2D eigenvalue weighted by Crippen LogP contribution is -2.15. The van der Waals surface area contributed by atoms with Crippen molar-refractivity contribution in [1.29, 1.82) is 0 Å². The Morgan fingerprint density at radius 1 is 1.17 bits per heavy atom. The third kappa shape index (κ3) is 2.71. The number of nitrogens with zero attached hydrogens (tertiary/aromatic N) is 2. The van der Waals surface area contributed by atoms with Crippen LogP contribution >= 0.6 is 15.9 Å². The van der Waals surface area contributed by atoms with Gasteiger partial charge in [0.25, 0.3) is 0 Å². The molecule has 3 nitrogen and oxygen atoms in total. The molecule has 1 aliphatic heterocycles. The minimum absolute atomic E-state index is 0.00656. The summed E-state index contributed by atoms with van der Waals surface area (Å²) in [6, 6.07) is 11.7. The molecule has 0 fully saturated rings. The van der Waals surface area contributed by atoms with E-state index in [1.54, 1.807) is 0 Å². The lowest BCUT2D eigenvalue weighted by molar-refractivity contribution is -0.137. The summed E-state index contributed by atoms with van der Waals surface area (Å²) in [5.74, 6) is 0.784. The van der Waals surface area contributed by atoms with Crippen molar-refractivity contribution in [2.75, 3.05) is 0 Å². The Kier molecular flexibility index (Phi) is 3.65. The number of rotatable bonds is 2. The van der Waals surface area contributed by atoms with E-state index in [0.29, 0.717) is 12.2 Å². The topological polar surface area (TPSA) is 29.9 Å². The van der Waals surface area contributed by atoms with Crippen molar-refractivity contribution in [3.8, 4) is 0 Å². The minimum atomic E-state index is -4.35. The first-order chi connectivity index (χ1) is 11.4. The summed E-state index contributed by atoms with van der Waals surface area (Å²) in [6.45, 7) is 0.554. The number of hydrogen-bond donors (Lipinski definition) is 1. The summed E-state index contributed by atoms with van der Waals surface area (Å²) in [4.78, 5) is 4.45. The van der Waals surface area contributed by atoms with Gasteiger partial charge in [-0.2, -0.15) is 13.2 Å². The number of fused-ring (bicyclic) bond motifs is 3. The minimum Gasteiger partial charge on any atom is -0.313 e. The van der Waals surface area contributed by atoms with Gasteiger partial charge in [0.15, 0.2) is 0 Å². The van der Waals surface area contributed by atoms with Crippen LogP contribution in [0.1, 0.15) is 23.0 Å². The number of aromatic nitrogens is 2. The molecule has 24 heavy (non-hydrogen) atoms. The fourth-order valence-corrected chi connectivity index (χ4v) is 3.33. The molecule has 0 bridgehead atoms. The molecule has 3 aromatic rings. The molecule has 1 aliphatic rings. The maximum atomic E-state index is 12.9. The second-order valence-corrected chi connectivity index (χ2v) is 6.76. The first kappa shape index (κ1) is 15.7. The number of benzene rings is 2. The van der Waals surface area contributed by atoms with E-state index < -0.39 is 11.7 Å². The number of nitrogens with one attached hydrogen (secondary N) is 1. The first-order valence-electron chi connectivity index (χ1n) is 7.47. The van der Waals surface area contributed by atoms with Crippen LogP contribution < -0.4 is 5.32 Å². The quantitative estimate of drug-likeness (QED) is 0.683. The Bertz CT molecular complexity index is 900. The van der Waals surface area contributed by atoms with Gasteiger partial charge in [-0.15, -0.1) is 0 Å². The lowest BCUT2D eigenvalue weighted by atomic mass is 10.1. The van der Waals surface area contributed by atoms with E-state index in [-0.39, 0.29) is 6.04 Å². The van der Waals surface area contributed by atoms with E-state index in [9.17, 15) is 13.2 Å². The van der Waals surface area contributed by atoms with Crippen LogP contribution in [0.15, 0.2) is 46.9 Å². The predicted molar refractivity (Wildman–Crippen MR) is 88.5 cm³/mol. The van der Waals surface area contributed by atoms with Crippen LogP contribution in [0.4, 0.5) is 13.2 Å². The molecular weight excluding hydrogens is 383 g/mol. The van der Waals surface area contributed by atoms with Gasteiger partial charge in [0, 0.05) is 4.47 Å². The summed E-state index contributed by atoms with van der Waals surface area (Å²) in [5, 5.41) is 3.37. The molecule has 1 N–H and O–H groups in total. The van der Waals surface area contributed by atoms with E-state index in [1.807, 2.05) is 28.8 Å². The van der Waals surface area contributed by atoms with Crippen LogP contribution in [0, 0.1) is 0 Å². The number of halogens is 4. The normalized spacial score (nSPS) is 17.4. The molecule has 0 amide bonds. The van der Waals surface area contributed by atoms with Crippen molar-refractivity contribution >= 4 is 27.0 Å². The molecule has 0 saturated carbocycles. The standard InChI is InChI=1S/C17H13BrF3N3/c18-12-4-1-10(2-5-12)7-14-16-23-13-8-11(17(19,20)21)3-6-15(13)24(16)9-22-14/h1-6,8,14,22H,7,9H2/t14-/m1/s1. The predicted octanol–water partition coefficient (Wildman–Crippen LogP) is 4.66. The van der Waals surface area contributed by atoms with E-state index >= 15 is 0 Å². The third-order valence-electron chi connectivity index (χ3n) is 4.27. The average Bonchev–Trinajstić information content (AvgIpc) is 3.08. The van der Waals surface area contributed by atoms with E-state index in [4.69, 9.17) is 0 Å². The highest BCUT2D eigenvalue weighted by molar-refractivity contribution is 9.10. The molecule has 0 saturated heterocycles. The van der Waals surface area contributed by atoms with Crippen LogP contribution in [-0.4, -0.2) is 9.55 Å². The van der Waals surface area contributed by atoms with E-state index in [2.05, 4.69) is 26.2 Å². The second kappa shape index (κ2) is 5.60. The second-order valence-electron chi connectivity index (χ2n) is 5.84. The number of imidazole rings is 1. The highest BCUT2D eigenvalue weighted by Crippen LogP contribution is 2.33. The molecule has 124 valence electrons. The fourth-order valence-electron chi connectivity index (χ4n) is 3.07. The summed E-state index contributed by atoms with van der Waals surface area (Å²) in [7, 11) is 0. The highest BCUT2D eigenvalue weighted by atomic mass is 79.9. The molecule has 7 heteroatoms. The molecule has 2 heterocycles. The molecule has 0 aliphatic carbocycles. The van der Waals surface area contributed by atoms with Gasteiger partial charge in [0.2, 0.25) is 0 Å². The number of hydrogen-bond acceptors (Lipinski definition) is 2. The van der Waals surface area contributed by atoms with Crippen LogP contribution in [-0.2, 0) is 19.3 Å². The monoisotopic (exact) mass is 395 g/mol. The van der Waals surface area contributed by atoms with Crippen molar-refractivity contribution in [3.63, 3.8) is 0 Å². The Morgan fingerprint density at radius 3 is 2.62 bits per heavy atom. The van der Waals surface area contributed by atoms with Crippen molar-refractivity contribution < 1.29 is 13.2 Å². The van der Waals surface area contributed by atoms with Crippen LogP contribution in [0.3, 0.4) is 0 Å². The smallest absolute Gasteiger partial charge is 0.313 e. The first-order valence-corrected chi connectivity index (χ1v) is 8.26. The maximum Gasteiger partial charge on any atom is 0.416 e. The van der Waals surface area contributed by atoms with Gasteiger partial charge < -0.3 is 4.57 Å². The Hall–Kier alpha value is -1.86.